The third-order valence-corrected chi connectivity index (χ3v) is 3.42. The van der Waals surface area contributed by atoms with Gasteiger partial charge in [0, 0.05) is 30.9 Å². The van der Waals surface area contributed by atoms with E-state index >= 15 is 0 Å². The number of hydrogen-bond acceptors (Lipinski definition) is 1. The van der Waals surface area contributed by atoms with Crippen molar-refractivity contribution in [1.29, 1.82) is 0 Å². The van der Waals surface area contributed by atoms with Gasteiger partial charge >= 0.3 is 0 Å². The van der Waals surface area contributed by atoms with Gasteiger partial charge in [-0.15, -0.1) is 23.2 Å². The molecule has 1 fully saturated rings. The largest absolute Gasteiger partial charge is 0.298 e. The van der Waals surface area contributed by atoms with Gasteiger partial charge in [0.15, 0.2) is 0 Å². The number of alkyl halides is 2. The predicted octanol–water partition coefficient (Wildman–Crippen LogP) is 3.49. The van der Waals surface area contributed by atoms with Crippen molar-refractivity contribution in [3.63, 3.8) is 0 Å². The van der Waals surface area contributed by atoms with Gasteiger partial charge in [-0.1, -0.05) is 25.7 Å². The van der Waals surface area contributed by atoms with Gasteiger partial charge < -0.3 is 0 Å². The second-order valence-corrected chi connectivity index (χ2v) is 4.82. The maximum atomic E-state index is 5.81. The Morgan fingerprint density at radius 2 is 1.36 bits per heavy atom. The lowest BCUT2D eigenvalue weighted by atomic mass is 10.1. The Hall–Kier alpha value is 0.540. The SMILES string of the molecule is ClCCN(CCCl)C1CCCCCC1. The average Bonchev–Trinajstić information content (AvgIpc) is 2.45. The monoisotopic (exact) mass is 237 g/mol. The first-order chi connectivity index (χ1) is 6.88. The van der Waals surface area contributed by atoms with Crippen LogP contribution in [0.15, 0.2) is 0 Å². The third kappa shape index (κ3) is 4.37. The van der Waals surface area contributed by atoms with E-state index in [1.165, 1.54) is 38.5 Å². The van der Waals surface area contributed by atoms with E-state index in [1.807, 2.05) is 0 Å². The van der Waals surface area contributed by atoms with Crippen LogP contribution in [0.4, 0.5) is 0 Å². The quantitative estimate of drug-likeness (QED) is 0.523. The summed E-state index contributed by atoms with van der Waals surface area (Å²) in [7, 11) is 0. The van der Waals surface area contributed by atoms with Crippen molar-refractivity contribution in [1.82, 2.24) is 4.90 Å². The molecule has 0 aliphatic heterocycles. The molecule has 0 saturated heterocycles. The van der Waals surface area contributed by atoms with Gasteiger partial charge in [0.05, 0.1) is 0 Å². The highest BCUT2D eigenvalue weighted by molar-refractivity contribution is 6.18. The zero-order valence-electron chi connectivity index (χ0n) is 8.85. The maximum Gasteiger partial charge on any atom is 0.0351 e. The minimum Gasteiger partial charge on any atom is -0.298 e. The summed E-state index contributed by atoms with van der Waals surface area (Å²) in [5.74, 6) is 1.46. The molecule has 0 atom stereocenters. The summed E-state index contributed by atoms with van der Waals surface area (Å²) in [5, 5.41) is 0. The minimum absolute atomic E-state index is 0.730. The minimum atomic E-state index is 0.730. The first-order valence-corrected chi connectivity index (χ1v) is 6.81. The molecule has 0 radical (unpaired) electrons. The Kier molecular flexibility index (Phi) is 7.01. The molecule has 1 saturated carbocycles. The summed E-state index contributed by atoms with van der Waals surface area (Å²) >= 11 is 11.6. The lowest BCUT2D eigenvalue weighted by molar-refractivity contribution is 0.200. The van der Waals surface area contributed by atoms with Crippen molar-refractivity contribution >= 4 is 23.2 Å². The second-order valence-electron chi connectivity index (χ2n) is 4.06. The summed E-state index contributed by atoms with van der Waals surface area (Å²) in [6, 6.07) is 0.745. The first-order valence-electron chi connectivity index (χ1n) is 5.74. The molecule has 14 heavy (non-hydrogen) atoms. The highest BCUT2D eigenvalue weighted by atomic mass is 35.5. The molecular weight excluding hydrogens is 217 g/mol. The number of hydrogen-bond donors (Lipinski definition) is 0. The van der Waals surface area contributed by atoms with Crippen LogP contribution in [0.5, 0.6) is 0 Å². The smallest absolute Gasteiger partial charge is 0.0351 e. The van der Waals surface area contributed by atoms with E-state index in [2.05, 4.69) is 4.90 Å². The molecule has 0 spiro atoms. The van der Waals surface area contributed by atoms with Gasteiger partial charge in [0.25, 0.3) is 0 Å². The molecule has 0 aromatic carbocycles. The van der Waals surface area contributed by atoms with Crippen LogP contribution in [-0.4, -0.2) is 35.8 Å². The van der Waals surface area contributed by atoms with Crippen molar-refractivity contribution < 1.29 is 0 Å². The van der Waals surface area contributed by atoms with E-state index in [0.29, 0.717) is 0 Å². The highest BCUT2D eigenvalue weighted by Gasteiger charge is 2.18. The Balaban J connectivity index is 2.38. The van der Waals surface area contributed by atoms with Crippen molar-refractivity contribution in [2.45, 2.75) is 44.6 Å². The van der Waals surface area contributed by atoms with E-state index in [4.69, 9.17) is 23.2 Å². The third-order valence-electron chi connectivity index (χ3n) is 3.08. The van der Waals surface area contributed by atoms with E-state index in [9.17, 15) is 0 Å². The Morgan fingerprint density at radius 3 is 1.79 bits per heavy atom. The van der Waals surface area contributed by atoms with Crippen LogP contribution in [0.3, 0.4) is 0 Å². The summed E-state index contributed by atoms with van der Waals surface area (Å²) in [6.45, 7) is 2.00. The fourth-order valence-electron chi connectivity index (χ4n) is 2.32. The van der Waals surface area contributed by atoms with Crippen LogP contribution >= 0.6 is 23.2 Å². The van der Waals surface area contributed by atoms with Crippen LogP contribution in [0.2, 0.25) is 0 Å². The predicted molar refractivity (Wildman–Crippen MR) is 64.5 cm³/mol. The molecule has 3 heteroatoms. The molecule has 1 nitrogen and oxygen atoms in total. The van der Waals surface area contributed by atoms with Crippen LogP contribution < -0.4 is 0 Å². The van der Waals surface area contributed by atoms with E-state index in [-0.39, 0.29) is 0 Å². The molecular formula is C11H21Cl2N. The molecule has 1 aliphatic carbocycles. The molecule has 0 unspecified atom stereocenters. The van der Waals surface area contributed by atoms with Gasteiger partial charge in [0.1, 0.15) is 0 Å². The van der Waals surface area contributed by atoms with E-state index < -0.39 is 0 Å². The summed E-state index contributed by atoms with van der Waals surface area (Å²) in [5.41, 5.74) is 0. The topological polar surface area (TPSA) is 3.24 Å². The summed E-state index contributed by atoms with van der Waals surface area (Å²) < 4.78 is 0. The van der Waals surface area contributed by atoms with Gasteiger partial charge in [-0.25, -0.2) is 0 Å². The first kappa shape index (κ1) is 12.6. The van der Waals surface area contributed by atoms with Crippen LogP contribution in [0, 0.1) is 0 Å². The Morgan fingerprint density at radius 1 is 0.857 bits per heavy atom. The van der Waals surface area contributed by atoms with Gasteiger partial charge in [-0.2, -0.15) is 0 Å². The zero-order valence-corrected chi connectivity index (χ0v) is 10.4. The molecule has 0 aromatic rings. The van der Waals surface area contributed by atoms with Crippen LogP contribution in [-0.2, 0) is 0 Å². The van der Waals surface area contributed by atoms with Crippen molar-refractivity contribution in [3.05, 3.63) is 0 Å². The van der Waals surface area contributed by atoms with Crippen LogP contribution in [0.25, 0.3) is 0 Å². The standard InChI is InChI=1S/C11H21Cl2N/c12-7-9-14(10-8-13)11-5-3-1-2-4-6-11/h11H,1-10H2. The number of rotatable bonds is 5. The summed E-state index contributed by atoms with van der Waals surface area (Å²) in [6.07, 6.45) is 8.26. The molecule has 0 amide bonds. The zero-order chi connectivity index (χ0) is 10.2. The Labute approximate surface area is 97.7 Å². The summed E-state index contributed by atoms with van der Waals surface area (Å²) in [4.78, 5) is 2.48. The molecule has 0 N–H and O–H groups in total. The second kappa shape index (κ2) is 7.78. The van der Waals surface area contributed by atoms with E-state index in [0.717, 1.165) is 30.9 Å². The van der Waals surface area contributed by atoms with Crippen LogP contribution in [0.1, 0.15) is 38.5 Å². The molecule has 1 rings (SSSR count). The van der Waals surface area contributed by atoms with Gasteiger partial charge in [0.2, 0.25) is 0 Å². The molecule has 0 aromatic heterocycles. The molecule has 84 valence electrons. The molecule has 0 bridgehead atoms. The average molecular weight is 238 g/mol. The van der Waals surface area contributed by atoms with Crippen molar-refractivity contribution in [3.8, 4) is 0 Å². The lowest BCUT2D eigenvalue weighted by Gasteiger charge is -2.29. The van der Waals surface area contributed by atoms with Crippen molar-refractivity contribution in [2.75, 3.05) is 24.8 Å². The molecule has 0 heterocycles. The fraction of sp³-hybridized carbons (Fsp3) is 1.00. The number of nitrogens with zero attached hydrogens (tertiary/aromatic N) is 1. The van der Waals surface area contributed by atoms with Gasteiger partial charge in [-0.3, -0.25) is 4.90 Å². The number of halogens is 2. The van der Waals surface area contributed by atoms with Crippen molar-refractivity contribution in [2.24, 2.45) is 0 Å². The Bertz CT molecular complexity index is 127. The van der Waals surface area contributed by atoms with Gasteiger partial charge in [-0.05, 0) is 12.8 Å². The fourth-order valence-corrected chi connectivity index (χ4v) is 2.75. The lowest BCUT2D eigenvalue weighted by Crippen LogP contribution is -2.37. The molecule has 1 aliphatic rings. The normalized spacial score (nSPS) is 19.9. The highest BCUT2D eigenvalue weighted by Crippen LogP contribution is 2.21. The van der Waals surface area contributed by atoms with E-state index in [1.54, 1.807) is 0 Å². The maximum absolute atomic E-state index is 5.81.